The molecule has 0 saturated carbocycles. The molecule has 216 valence electrons. The zero-order valence-corrected chi connectivity index (χ0v) is 28.0. The van der Waals surface area contributed by atoms with Gasteiger partial charge < -0.3 is 9.28 Å². The second-order valence-corrected chi connectivity index (χ2v) is 16.9. The molecule has 8 heteroatoms. The van der Waals surface area contributed by atoms with Crippen molar-refractivity contribution in [2.24, 2.45) is 5.92 Å². The highest BCUT2D eigenvalue weighted by Gasteiger charge is 2.23. The highest BCUT2D eigenvalue weighted by molar-refractivity contribution is 14.1. The first-order chi connectivity index (χ1) is 17.0. The van der Waals surface area contributed by atoms with Crippen molar-refractivity contribution in [1.29, 1.82) is 0 Å². The Kier molecular flexibility index (Phi) is 22.8. The van der Waals surface area contributed by atoms with E-state index in [1.165, 1.54) is 89.9 Å². The van der Waals surface area contributed by atoms with Gasteiger partial charge in [0.25, 0.3) is 0 Å². The fourth-order valence-corrected chi connectivity index (χ4v) is 7.74. The summed E-state index contributed by atoms with van der Waals surface area (Å²) in [6, 6.07) is 0. The molecule has 0 aromatic heterocycles. The number of sulfonamides is 1. The smallest absolute Gasteiger partial charge is 0.211 e. The highest BCUT2D eigenvalue weighted by atomic mass is 127. The fourth-order valence-electron chi connectivity index (χ4n) is 4.29. The Balaban J connectivity index is 3.95. The molecular weight excluding hydrogens is 603 g/mol. The van der Waals surface area contributed by atoms with E-state index in [2.05, 4.69) is 55.4 Å². The minimum Gasteiger partial charge on any atom is -0.331 e. The molecule has 1 N–H and O–H groups in total. The van der Waals surface area contributed by atoms with Crippen molar-refractivity contribution in [3.05, 3.63) is 0 Å². The molecule has 36 heavy (non-hydrogen) atoms. The van der Waals surface area contributed by atoms with E-state index in [0.29, 0.717) is 19.4 Å². The van der Waals surface area contributed by atoms with Gasteiger partial charge in [-0.3, -0.25) is 0 Å². The van der Waals surface area contributed by atoms with Crippen LogP contribution in [0.3, 0.4) is 0 Å². The summed E-state index contributed by atoms with van der Waals surface area (Å²) in [7, 11) is 2.90. The number of carbonyl (C=O) groups excluding carboxylic acids is 1. The maximum absolute atomic E-state index is 12.4. The topological polar surface area (TPSA) is 63.2 Å². The first-order valence-electron chi connectivity index (χ1n) is 14.5. The van der Waals surface area contributed by atoms with Crippen molar-refractivity contribution in [3.63, 3.8) is 0 Å². The molecule has 0 aliphatic rings. The third kappa shape index (κ3) is 24.9. The SMILES string of the molecule is CCCCCCCCCCCCCCCCSC(I)C(CNS(=O)(=O)CCC[N+](C)(C)C)CC(C)=O. The van der Waals surface area contributed by atoms with Crippen molar-refractivity contribution in [2.75, 3.05) is 45.7 Å². The summed E-state index contributed by atoms with van der Waals surface area (Å²) in [4.78, 5) is 11.8. The Morgan fingerprint density at radius 3 is 1.75 bits per heavy atom. The van der Waals surface area contributed by atoms with Gasteiger partial charge in [0.05, 0.1) is 36.7 Å². The number of quaternary nitrogens is 1. The Bertz CT molecular complexity index is 639. The molecule has 0 aliphatic carbocycles. The van der Waals surface area contributed by atoms with Gasteiger partial charge in [-0.05, 0) is 19.1 Å². The van der Waals surface area contributed by atoms with E-state index in [4.69, 9.17) is 0 Å². The summed E-state index contributed by atoms with van der Waals surface area (Å²) in [6.45, 7) is 5.05. The number of thioether (sulfide) groups is 1. The van der Waals surface area contributed by atoms with E-state index < -0.39 is 10.0 Å². The summed E-state index contributed by atoms with van der Waals surface area (Å²) in [5.41, 5.74) is 0. The minimum absolute atomic E-state index is 0.0351. The van der Waals surface area contributed by atoms with Crippen LogP contribution in [-0.4, -0.2) is 67.7 Å². The maximum Gasteiger partial charge on any atom is 0.211 e. The second kappa shape index (κ2) is 22.4. The molecule has 0 radical (unpaired) electrons. The lowest BCUT2D eigenvalue weighted by Crippen LogP contribution is -2.38. The predicted octanol–water partition coefficient (Wildman–Crippen LogP) is 7.57. The van der Waals surface area contributed by atoms with Crippen LogP contribution in [0.2, 0.25) is 0 Å². The van der Waals surface area contributed by atoms with Crippen LogP contribution in [0.5, 0.6) is 0 Å². The van der Waals surface area contributed by atoms with Crippen LogP contribution >= 0.6 is 34.4 Å². The summed E-state index contributed by atoms with van der Waals surface area (Å²) in [5.74, 6) is 1.39. The first kappa shape index (κ1) is 36.6. The number of nitrogens with zero attached hydrogens (tertiary/aromatic N) is 1. The van der Waals surface area contributed by atoms with Crippen molar-refractivity contribution >= 4 is 50.2 Å². The van der Waals surface area contributed by atoms with Crippen LogP contribution in [-0.2, 0) is 14.8 Å². The van der Waals surface area contributed by atoms with Gasteiger partial charge in [0, 0.05) is 25.3 Å². The third-order valence-electron chi connectivity index (χ3n) is 6.50. The normalized spacial score (nSPS) is 14.2. The van der Waals surface area contributed by atoms with Crippen molar-refractivity contribution in [3.8, 4) is 0 Å². The number of Topliss-reactive ketones (excluding diaryl/α,β-unsaturated/α-hetero) is 1. The van der Waals surface area contributed by atoms with Crippen LogP contribution in [0, 0.1) is 5.92 Å². The predicted molar refractivity (Wildman–Crippen MR) is 169 cm³/mol. The number of nitrogens with one attached hydrogen (secondary N) is 1. The standard InChI is InChI=1S/C28H58IN2O3S2/c1-6-7-8-9-10-11-12-13-14-15-16-17-18-19-22-35-28(29)27(24-26(2)32)25-30-36(33,34)23-20-21-31(3,4)5/h27-28,30H,6-25H2,1-5H3/q+1. The molecule has 0 amide bonds. The summed E-state index contributed by atoms with van der Waals surface area (Å²) in [5, 5.41) is 0. The fraction of sp³-hybridized carbons (Fsp3) is 0.964. The first-order valence-corrected chi connectivity index (χ1v) is 18.4. The number of halogens is 1. The number of carbonyl (C=O) groups is 1. The van der Waals surface area contributed by atoms with E-state index in [0.717, 1.165) is 16.8 Å². The number of alkyl halides is 1. The highest BCUT2D eigenvalue weighted by Crippen LogP contribution is 2.30. The van der Waals surface area contributed by atoms with E-state index in [-0.39, 0.29) is 20.7 Å². The van der Waals surface area contributed by atoms with E-state index >= 15 is 0 Å². The van der Waals surface area contributed by atoms with Crippen LogP contribution in [0.15, 0.2) is 0 Å². The van der Waals surface area contributed by atoms with Gasteiger partial charge in [-0.2, -0.15) is 0 Å². The van der Waals surface area contributed by atoms with Crippen molar-refractivity contribution in [1.82, 2.24) is 4.72 Å². The minimum atomic E-state index is -3.30. The Hall–Kier alpha value is 0.620. The monoisotopic (exact) mass is 661 g/mol. The van der Waals surface area contributed by atoms with Crippen molar-refractivity contribution in [2.45, 2.75) is 120 Å². The zero-order chi connectivity index (χ0) is 27.3. The lowest BCUT2D eigenvalue weighted by atomic mass is 10.0. The molecular formula is C28H58IN2O3S2+. The van der Waals surface area contributed by atoms with E-state index in [9.17, 15) is 13.2 Å². The molecule has 0 fully saturated rings. The molecule has 2 atom stereocenters. The van der Waals surface area contributed by atoms with Gasteiger partial charge in [-0.1, -0.05) is 113 Å². The average molecular weight is 662 g/mol. The molecule has 0 bridgehead atoms. The molecule has 5 nitrogen and oxygen atoms in total. The average Bonchev–Trinajstić information content (AvgIpc) is 2.77. The molecule has 0 aromatic rings. The third-order valence-corrected chi connectivity index (χ3v) is 11.3. The van der Waals surface area contributed by atoms with Gasteiger partial charge in [0.1, 0.15) is 5.78 Å². The quantitative estimate of drug-likeness (QED) is 0.0450. The Labute approximate surface area is 242 Å². The zero-order valence-electron chi connectivity index (χ0n) is 24.2. The van der Waals surface area contributed by atoms with Gasteiger partial charge >= 0.3 is 0 Å². The molecule has 2 unspecified atom stereocenters. The van der Waals surface area contributed by atoms with E-state index in [1.54, 1.807) is 6.92 Å². The molecule has 0 aliphatic heterocycles. The van der Waals surface area contributed by atoms with Gasteiger partial charge in [0.2, 0.25) is 10.0 Å². The Morgan fingerprint density at radius 1 is 0.833 bits per heavy atom. The maximum atomic E-state index is 12.4. The molecule has 0 heterocycles. The number of rotatable bonds is 26. The number of ketones is 1. The number of hydrogen-bond acceptors (Lipinski definition) is 4. The lowest BCUT2D eigenvalue weighted by molar-refractivity contribution is -0.870. The van der Waals surface area contributed by atoms with Crippen LogP contribution in [0.4, 0.5) is 0 Å². The lowest BCUT2D eigenvalue weighted by Gasteiger charge is -2.24. The summed E-state index contributed by atoms with van der Waals surface area (Å²) < 4.78 is 28.6. The number of hydrogen-bond donors (Lipinski definition) is 1. The molecule has 0 spiro atoms. The van der Waals surface area contributed by atoms with Crippen LogP contribution in [0.1, 0.15) is 117 Å². The summed E-state index contributed by atoms with van der Waals surface area (Å²) >= 11 is 4.28. The largest absolute Gasteiger partial charge is 0.331 e. The van der Waals surface area contributed by atoms with Crippen molar-refractivity contribution < 1.29 is 17.7 Å². The second-order valence-electron chi connectivity index (χ2n) is 11.5. The van der Waals surface area contributed by atoms with Gasteiger partial charge in [0.15, 0.2) is 0 Å². The van der Waals surface area contributed by atoms with Gasteiger partial charge in [-0.15, -0.1) is 11.8 Å². The molecule has 0 aromatic carbocycles. The summed E-state index contributed by atoms with van der Waals surface area (Å²) in [6.07, 6.45) is 20.2. The van der Waals surface area contributed by atoms with Crippen LogP contribution < -0.4 is 4.72 Å². The molecule has 0 saturated heterocycles. The van der Waals surface area contributed by atoms with Crippen LogP contribution in [0.25, 0.3) is 0 Å². The Morgan fingerprint density at radius 2 is 1.31 bits per heavy atom. The van der Waals surface area contributed by atoms with E-state index in [1.807, 2.05) is 11.8 Å². The number of unbranched alkanes of at least 4 members (excludes halogenated alkanes) is 13. The van der Waals surface area contributed by atoms with Gasteiger partial charge in [-0.25, -0.2) is 13.1 Å². The molecule has 0 rings (SSSR count).